The van der Waals surface area contributed by atoms with Gasteiger partial charge in [-0.25, -0.2) is 0 Å². The summed E-state index contributed by atoms with van der Waals surface area (Å²) in [5, 5.41) is 10.6. The smallest absolute Gasteiger partial charge is 0.272 e. The minimum Gasteiger partial charge on any atom is -0.465 e. The molecule has 74 valence electrons. The summed E-state index contributed by atoms with van der Waals surface area (Å²) in [4.78, 5) is 10.2. The van der Waals surface area contributed by atoms with E-state index in [0.29, 0.717) is 11.3 Å². The van der Waals surface area contributed by atoms with Crippen LogP contribution in [-0.4, -0.2) is 4.92 Å². The Balaban J connectivity index is 3.23. The molecule has 0 radical (unpaired) electrons. The maximum atomic E-state index is 10.6. The van der Waals surface area contributed by atoms with Gasteiger partial charge in [-0.15, -0.1) is 0 Å². The van der Waals surface area contributed by atoms with Gasteiger partial charge < -0.3 is 4.74 Å². The minimum atomic E-state index is -0.403. The lowest BCUT2D eigenvalue weighted by Crippen LogP contribution is -1.94. The molecular formula is C10H11NO3. The van der Waals surface area contributed by atoms with E-state index in [1.54, 1.807) is 19.9 Å². The average Bonchev–Trinajstić information content (AvgIpc) is 2.10. The summed E-state index contributed by atoms with van der Waals surface area (Å²) in [5.41, 5.74) is 1.42. The van der Waals surface area contributed by atoms with Crippen LogP contribution in [0.4, 0.5) is 5.69 Å². The van der Waals surface area contributed by atoms with Crippen LogP contribution in [0.3, 0.4) is 0 Å². The van der Waals surface area contributed by atoms with Gasteiger partial charge in [-0.2, -0.15) is 0 Å². The largest absolute Gasteiger partial charge is 0.465 e. The Morgan fingerprint density at radius 2 is 2.07 bits per heavy atom. The summed E-state index contributed by atoms with van der Waals surface area (Å²) < 4.78 is 5.09. The first-order valence-electron chi connectivity index (χ1n) is 4.09. The van der Waals surface area contributed by atoms with Crippen LogP contribution < -0.4 is 4.74 Å². The molecule has 14 heavy (non-hydrogen) atoms. The van der Waals surface area contributed by atoms with Gasteiger partial charge in [0.05, 0.1) is 11.2 Å². The van der Waals surface area contributed by atoms with E-state index in [0.717, 1.165) is 5.56 Å². The summed E-state index contributed by atoms with van der Waals surface area (Å²) in [5.74, 6) is 0.600. The molecule has 0 heterocycles. The molecule has 0 saturated carbocycles. The maximum Gasteiger partial charge on any atom is 0.272 e. The van der Waals surface area contributed by atoms with Gasteiger partial charge in [0.1, 0.15) is 5.75 Å². The van der Waals surface area contributed by atoms with E-state index in [-0.39, 0.29) is 5.69 Å². The summed E-state index contributed by atoms with van der Waals surface area (Å²) in [6, 6.07) is 3.13. The number of ether oxygens (including phenoxy) is 1. The number of rotatable bonds is 3. The third-order valence-corrected chi connectivity index (χ3v) is 1.90. The van der Waals surface area contributed by atoms with Crippen molar-refractivity contribution < 1.29 is 9.66 Å². The van der Waals surface area contributed by atoms with Crippen molar-refractivity contribution in [2.45, 2.75) is 13.8 Å². The number of hydrogen-bond donors (Lipinski definition) is 0. The predicted octanol–water partition coefficient (Wildman–Crippen LogP) is 2.73. The van der Waals surface area contributed by atoms with Crippen LogP contribution in [-0.2, 0) is 0 Å². The van der Waals surface area contributed by atoms with Gasteiger partial charge in [0.2, 0.25) is 0 Å². The number of benzene rings is 1. The molecule has 1 aromatic carbocycles. The summed E-state index contributed by atoms with van der Waals surface area (Å²) in [7, 11) is 0. The van der Waals surface area contributed by atoms with E-state index in [1.807, 2.05) is 0 Å². The molecule has 0 aromatic heterocycles. The summed E-state index contributed by atoms with van der Waals surface area (Å²) in [6.45, 7) is 6.86. The first-order valence-corrected chi connectivity index (χ1v) is 4.09. The Kier molecular flexibility index (Phi) is 2.86. The number of nitro groups is 1. The van der Waals surface area contributed by atoms with Crippen LogP contribution in [0.2, 0.25) is 0 Å². The van der Waals surface area contributed by atoms with Crippen LogP contribution in [0.25, 0.3) is 0 Å². The maximum absolute atomic E-state index is 10.6. The Labute approximate surface area is 82.0 Å². The highest BCUT2D eigenvalue weighted by molar-refractivity contribution is 5.49. The predicted molar refractivity (Wildman–Crippen MR) is 53.4 cm³/mol. The molecule has 0 amide bonds. The number of nitro benzene ring substituents is 1. The second-order valence-corrected chi connectivity index (χ2v) is 2.95. The molecule has 4 heteroatoms. The lowest BCUT2D eigenvalue weighted by molar-refractivity contribution is -0.385. The van der Waals surface area contributed by atoms with Crippen molar-refractivity contribution in [1.82, 2.24) is 0 Å². The normalized spacial score (nSPS) is 9.57. The molecule has 0 unspecified atom stereocenters. The van der Waals surface area contributed by atoms with E-state index >= 15 is 0 Å². The fourth-order valence-corrected chi connectivity index (χ4v) is 1.19. The second-order valence-electron chi connectivity index (χ2n) is 2.95. The molecule has 1 rings (SSSR count). The van der Waals surface area contributed by atoms with Crippen LogP contribution in [0.5, 0.6) is 5.75 Å². The molecule has 0 aliphatic carbocycles. The van der Waals surface area contributed by atoms with Crippen molar-refractivity contribution in [2.75, 3.05) is 0 Å². The molecule has 1 aromatic rings. The van der Waals surface area contributed by atoms with Crippen molar-refractivity contribution in [3.63, 3.8) is 0 Å². The van der Waals surface area contributed by atoms with Gasteiger partial charge in [0, 0.05) is 11.6 Å². The van der Waals surface area contributed by atoms with Crippen LogP contribution >= 0.6 is 0 Å². The van der Waals surface area contributed by atoms with Crippen molar-refractivity contribution in [2.24, 2.45) is 0 Å². The van der Waals surface area contributed by atoms with Crippen LogP contribution in [0.15, 0.2) is 25.0 Å². The lowest BCUT2D eigenvalue weighted by atomic mass is 10.1. The van der Waals surface area contributed by atoms with Gasteiger partial charge >= 0.3 is 0 Å². The van der Waals surface area contributed by atoms with Gasteiger partial charge in [-0.1, -0.05) is 6.58 Å². The third kappa shape index (κ3) is 1.90. The molecule has 4 nitrogen and oxygen atoms in total. The van der Waals surface area contributed by atoms with Crippen LogP contribution in [0, 0.1) is 24.0 Å². The Morgan fingerprint density at radius 1 is 1.43 bits per heavy atom. The number of nitrogens with zero attached hydrogens (tertiary/aromatic N) is 1. The van der Waals surface area contributed by atoms with E-state index in [9.17, 15) is 10.1 Å². The van der Waals surface area contributed by atoms with E-state index in [1.165, 1.54) is 12.3 Å². The monoisotopic (exact) mass is 193 g/mol. The zero-order valence-corrected chi connectivity index (χ0v) is 8.11. The zero-order chi connectivity index (χ0) is 10.7. The fraction of sp³-hybridized carbons (Fsp3) is 0.200. The standard InChI is InChI=1S/C10H11NO3/c1-4-14-10-6-7(2)9(11(12)13)5-8(10)3/h4-6H,1H2,2-3H3. The topological polar surface area (TPSA) is 52.4 Å². The quantitative estimate of drug-likeness (QED) is 0.421. The molecule has 0 saturated heterocycles. The molecular weight excluding hydrogens is 182 g/mol. The number of aryl methyl sites for hydroxylation is 2. The highest BCUT2D eigenvalue weighted by atomic mass is 16.6. The molecule has 0 spiro atoms. The van der Waals surface area contributed by atoms with Crippen molar-refractivity contribution in [3.05, 3.63) is 46.2 Å². The molecule has 0 fully saturated rings. The summed E-state index contributed by atoms with van der Waals surface area (Å²) >= 11 is 0. The van der Waals surface area contributed by atoms with Crippen molar-refractivity contribution >= 4 is 5.69 Å². The highest BCUT2D eigenvalue weighted by Crippen LogP contribution is 2.27. The SMILES string of the molecule is C=COc1cc(C)c([N+](=O)[O-])cc1C. The van der Waals surface area contributed by atoms with Gasteiger partial charge in [0.15, 0.2) is 0 Å². The van der Waals surface area contributed by atoms with E-state index < -0.39 is 4.92 Å². The average molecular weight is 193 g/mol. The third-order valence-electron chi connectivity index (χ3n) is 1.90. The van der Waals surface area contributed by atoms with E-state index in [2.05, 4.69) is 6.58 Å². The van der Waals surface area contributed by atoms with Crippen molar-refractivity contribution in [1.29, 1.82) is 0 Å². The molecule has 0 N–H and O–H groups in total. The molecule has 0 bridgehead atoms. The lowest BCUT2D eigenvalue weighted by Gasteiger charge is -2.05. The summed E-state index contributed by atoms with van der Waals surface area (Å²) in [6.07, 6.45) is 1.30. The van der Waals surface area contributed by atoms with Gasteiger partial charge in [-0.05, 0) is 25.5 Å². The molecule has 0 atom stereocenters. The van der Waals surface area contributed by atoms with E-state index in [4.69, 9.17) is 4.74 Å². The Hall–Kier alpha value is -1.84. The Morgan fingerprint density at radius 3 is 2.57 bits per heavy atom. The zero-order valence-electron chi connectivity index (χ0n) is 8.11. The van der Waals surface area contributed by atoms with Gasteiger partial charge in [-0.3, -0.25) is 10.1 Å². The first kappa shape index (κ1) is 10.2. The first-order chi connectivity index (χ1) is 6.56. The highest BCUT2D eigenvalue weighted by Gasteiger charge is 2.13. The van der Waals surface area contributed by atoms with Gasteiger partial charge in [0.25, 0.3) is 5.69 Å². The minimum absolute atomic E-state index is 0.110. The molecule has 0 aliphatic rings. The number of hydrogen-bond acceptors (Lipinski definition) is 3. The van der Waals surface area contributed by atoms with Crippen molar-refractivity contribution in [3.8, 4) is 5.75 Å². The second kappa shape index (κ2) is 3.91. The fourth-order valence-electron chi connectivity index (χ4n) is 1.19. The van der Waals surface area contributed by atoms with Crippen LogP contribution in [0.1, 0.15) is 11.1 Å². The molecule has 0 aliphatic heterocycles. The Bertz CT molecular complexity index is 385.